The highest BCUT2D eigenvalue weighted by Crippen LogP contribution is 2.15. The first-order chi connectivity index (χ1) is 8.51. The Bertz CT molecular complexity index is 382. The molecule has 4 nitrogen and oxygen atoms in total. The quantitative estimate of drug-likeness (QED) is 0.840. The molecule has 0 fully saturated rings. The van der Waals surface area contributed by atoms with Gasteiger partial charge in [-0.25, -0.2) is 0 Å². The molecule has 0 radical (unpaired) electrons. The molecule has 0 aliphatic heterocycles. The van der Waals surface area contributed by atoms with Crippen LogP contribution in [-0.4, -0.2) is 38.1 Å². The van der Waals surface area contributed by atoms with E-state index in [0.29, 0.717) is 6.54 Å². The van der Waals surface area contributed by atoms with Gasteiger partial charge in [0, 0.05) is 13.6 Å². The van der Waals surface area contributed by atoms with E-state index in [1.807, 2.05) is 4.90 Å². The smallest absolute Gasteiger partial charge is 0.387 e. The first-order valence-corrected chi connectivity index (χ1v) is 5.44. The maximum atomic E-state index is 11.9. The van der Waals surface area contributed by atoms with Crippen molar-refractivity contribution in [3.05, 3.63) is 29.8 Å². The zero-order chi connectivity index (χ0) is 13.5. The van der Waals surface area contributed by atoms with Crippen molar-refractivity contribution in [2.45, 2.75) is 13.2 Å². The summed E-state index contributed by atoms with van der Waals surface area (Å²) < 4.78 is 28.1. The number of nitrogens with zero attached hydrogens (tertiary/aromatic N) is 1. The van der Waals surface area contributed by atoms with Crippen LogP contribution in [0.25, 0.3) is 0 Å². The molecular formula is C12H16F2N2O2. The van der Waals surface area contributed by atoms with E-state index in [4.69, 9.17) is 0 Å². The molecule has 1 amide bonds. The lowest BCUT2D eigenvalue weighted by atomic mass is 10.2. The lowest BCUT2D eigenvalue weighted by molar-refractivity contribution is -0.121. The minimum absolute atomic E-state index is 0.0739. The number of carbonyl (C=O) groups is 1. The van der Waals surface area contributed by atoms with Crippen LogP contribution in [-0.2, 0) is 11.3 Å². The molecule has 6 heteroatoms. The van der Waals surface area contributed by atoms with Gasteiger partial charge in [0.25, 0.3) is 0 Å². The lowest BCUT2D eigenvalue weighted by Crippen LogP contribution is -2.32. The average molecular weight is 258 g/mol. The summed E-state index contributed by atoms with van der Waals surface area (Å²) in [4.78, 5) is 13.0. The Morgan fingerprint density at radius 1 is 1.39 bits per heavy atom. The summed E-state index contributed by atoms with van der Waals surface area (Å²) in [5.41, 5.74) is 0.919. The van der Waals surface area contributed by atoms with Crippen LogP contribution < -0.4 is 10.1 Å². The van der Waals surface area contributed by atoms with E-state index < -0.39 is 6.61 Å². The highest BCUT2D eigenvalue weighted by atomic mass is 19.3. The first-order valence-electron chi connectivity index (χ1n) is 5.44. The van der Waals surface area contributed by atoms with Crippen LogP contribution in [0.15, 0.2) is 24.3 Å². The van der Waals surface area contributed by atoms with Crippen molar-refractivity contribution in [1.82, 2.24) is 10.2 Å². The predicted molar refractivity (Wildman–Crippen MR) is 63.5 cm³/mol. The monoisotopic (exact) mass is 258 g/mol. The van der Waals surface area contributed by atoms with Crippen molar-refractivity contribution < 1.29 is 18.3 Å². The van der Waals surface area contributed by atoms with Gasteiger partial charge in [0.15, 0.2) is 0 Å². The van der Waals surface area contributed by atoms with Gasteiger partial charge < -0.3 is 10.1 Å². The number of halogens is 2. The van der Waals surface area contributed by atoms with E-state index in [1.54, 1.807) is 26.2 Å². The van der Waals surface area contributed by atoms with Crippen molar-refractivity contribution in [3.8, 4) is 5.75 Å². The van der Waals surface area contributed by atoms with Gasteiger partial charge >= 0.3 is 6.61 Å². The molecule has 1 rings (SSSR count). The number of ether oxygens (including phenoxy) is 1. The fraction of sp³-hybridized carbons (Fsp3) is 0.417. The van der Waals surface area contributed by atoms with Crippen molar-refractivity contribution in [3.63, 3.8) is 0 Å². The number of rotatable bonds is 6. The highest BCUT2D eigenvalue weighted by Gasteiger charge is 2.07. The Morgan fingerprint density at radius 3 is 2.50 bits per heavy atom. The van der Waals surface area contributed by atoms with E-state index >= 15 is 0 Å². The van der Waals surface area contributed by atoms with E-state index in [-0.39, 0.29) is 18.2 Å². The third-order valence-corrected chi connectivity index (χ3v) is 2.29. The third-order valence-electron chi connectivity index (χ3n) is 2.29. The normalized spacial score (nSPS) is 10.8. The molecule has 18 heavy (non-hydrogen) atoms. The van der Waals surface area contributed by atoms with Crippen LogP contribution in [0.2, 0.25) is 0 Å². The molecule has 0 spiro atoms. The summed E-state index contributed by atoms with van der Waals surface area (Å²) in [6, 6.07) is 6.35. The third kappa shape index (κ3) is 5.09. The molecule has 0 aliphatic carbocycles. The van der Waals surface area contributed by atoms with Crippen LogP contribution in [0.5, 0.6) is 5.75 Å². The summed E-state index contributed by atoms with van der Waals surface area (Å²) in [6.07, 6.45) is 0. The molecule has 0 unspecified atom stereocenters. The summed E-state index contributed by atoms with van der Waals surface area (Å²) in [7, 11) is 3.38. The molecule has 0 heterocycles. The van der Waals surface area contributed by atoms with Crippen molar-refractivity contribution in [2.75, 3.05) is 20.6 Å². The molecule has 0 saturated carbocycles. The molecule has 0 aliphatic rings. The van der Waals surface area contributed by atoms with Crippen molar-refractivity contribution >= 4 is 5.91 Å². The van der Waals surface area contributed by atoms with Crippen LogP contribution >= 0.6 is 0 Å². The zero-order valence-electron chi connectivity index (χ0n) is 10.3. The lowest BCUT2D eigenvalue weighted by Gasteiger charge is -2.15. The molecule has 0 saturated heterocycles. The van der Waals surface area contributed by atoms with Crippen molar-refractivity contribution in [2.24, 2.45) is 0 Å². The summed E-state index contributed by atoms with van der Waals surface area (Å²) in [6.45, 7) is -1.97. The van der Waals surface area contributed by atoms with Gasteiger partial charge in [0.05, 0.1) is 6.54 Å². The minimum Gasteiger partial charge on any atom is -0.435 e. The Kier molecular flexibility index (Phi) is 5.51. The molecule has 1 aromatic rings. The van der Waals surface area contributed by atoms with Gasteiger partial charge in [-0.15, -0.1) is 0 Å². The number of benzene rings is 1. The number of hydrogen-bond acceptors (Lipinski definition) is 3. The van der Waals surface area contributed by atoms with Gasteiger partial charge in [0.2, 0.25) is 5.91 Å². The SMILES string of the molecule is CNC(=O)CN(C)Cc1ccc(OC(F)F)cc1. The first kappa shape index (κ1) is 14.4. The molecule has 0 atom stereocenters. The number of amides is 1. The zero-order valence-corrected chi connectivity index (χ0v) is 10.3. The molecule has 1 N–H and O–H groups in total. The fourth-order valence-corrected chi connectivity index (χ4v) is 1.47. The van der Waals surface area contributed by atoms with Gasteiger partial charge in [0.1, 0.15) is 5.75 Å². The fourth-order valence-electron chi connectivity index (χ4n) is 1.47. The second-order valence-corrected chi connectivity index (χ2v) is 3.87. The summed E-state index contributed by atoms with van der Waals surface area (Å²) >= 11 is 0. The van der Waals surface area contributed by atoms with E-state index in [1.165, 1.54) is 12.1 Å². The molecule has 0 aromatic heterocycles. The number of carbonyl (C=O) groups excluding carboxylic acids is 1. The predicted octanol–water partition coefficient (Wildman–Crippen LogP) is 1.47. The van der Waals surface area contributed by atoms with Crippen LogP contribution in [0.4, 0.5) is 8.78 Å². The standard InChI is InChI=1S/C12H16F2N2O2/c1-15-11(17)8-16(2)7-9-3-5-10(6-4-9)18-12(13)14/h3-6,12H,7-8H2,1-2H3,(H,15,17). The molecule has 1 aromatic carbocycles. The Balaban J connectivity index is 2.50. The Morgan fingerprint density at radius 2 is 2.00 bits per heavy atom. The second-order valence-electron chi connectivity index (χ2n) is 3.87. The summed E-state index contributed by atoms with van der Waals surface area (Å²) in [5, 5.41) is 2.53. The van der Waals surface area contributed by atoms with E-state index in [2.05, 4.69) is 10.1 Å². The maximum Gasteiger partial charge on any atom is 0.387 e. The average Bonchev–Trinajstić information content (AvgIpc) is 2.30. The van der Waals surface area contributed by atoms with Gasteiger partial charge in [-0.2, -0.15) is 8.78 Å². The Labute approximate surface area is 105 Å². The molecule has 100 valence electrons. The van der Waals surface area contributed by atoms with Gasteiger partial charge in [-0.3, -0.25) is 9.69 Å². The van der Waals surface area contributed by atoms with Crippen LogP contribution in [0.3, 0.4) is 0 Å². The summed E-state index contributed by atoms with van der Waals surface area (Å²) in [5.74, 6) is 0.0536. The number of nitrogens with one attached hydrogen (secondary N) is 1. The number of likely N-dealkylation sites (N-methyl/N-ethyl adjacent to an activating group) is 2. The molecule has 0 bridgehead atoms. The number of alkyl halides is 2. The number of hydrogen-bond donors (Lipinski definition) is 1. The minimum atomic E-state index is -2.81. The van der Waals surface area contributed by atoms with Gasteiger partial charge in [-0.05, 0) is 24.7 Å². The highest BCUT2D eigenvalue weighted by molar-refractivity contribution is 5.77. The largest absolute Gasteiger partial charge is 0.435 e. The van der Waals surface area contributed by atoms with Crippen molar-refractivity contribution in [1.29, 1.82) is 0 Å². The van der Waals surface area contributed by atoms with E-state index in [0.717, 1.165) is 5.56 Å². The molecular weight excluding hydrogens is 242 g/mol. The maximum absolute atomic E-state index is 11.9. The van der Waals surface area contributed by atoms with E-state index in [9.17, 15) is 13.6 Å². The second kappa shape index (κ2) is 6.90. The van der Waals surface area contributed by atoms with Crippen LogP contribution in [0.1, 0.15) is 5.56 Å². The Hall–Kier alpha value is -1.69. The van der Waals surface area contributed by atoms with Crippen LogP contribution in [0, 0.1) is 0 Å². The topological polar surface area (TPSA) is 41.6 Å². The van der Waals surface area contributed by atoms with Gasteiger partial charge in [-0.1, -0.05) is 12.1 Å².